The zero-order valence-corrected chi connectivity index (χ0v) is 21.6. The first-order valence-corrected chi connectivity index (χ1v) is 12.9. The van der Waals surface area contributed by atoms with Crippen molar-refractivity contribution in [1.29, 1.82) is 0 Å². The minimum atomic E-state index is -1.19. The third-order valence-corrected chi connectivity index (χ3v) is 7.26. The van der Waals surface area contributed by atoms with Crippen LogP contribution in [-0.4, -0.2) is 44.4 Å². The molecule has 3 amide bonds. The second kappa shape index (κ2) is 10.9. The Balaban J connectivity index is 1.52. The number of carbonyl (C=O) groups excluding carboxylic acids is 2. The standard InChI is InChI=1S/C29H30N6O4/c1-17-3-2-4-25(35-12-9-19(15-27(35)36)18-7-11-32-26(30)14-18)24-13-20(8-10-31-24)22-6-5-21(33-29(38)39)16-23(22)34-28(17)37/h5-8,10-11,13-17,25,33H,2-4,9,12H2,1H3,(H2,30,32)(H,34,37)(H,38,39)/t17-,25+/m1/s1. The van der Waals surface area contributed by atoms with Crippen molar-refractivity contribution in [2.75, 3.05) is 22.9 Å². The highest BCUT2D eigenvalue weighted by Gasteiger charge is 2.30. The molecule has 5 N–H and O–H groups in total. The number of nitrogens with one attached hydrogen (secondary N) is 2. The van der Waals surface area contributed by atoms with E-state index in [1.807, 2.05) is 30.0 Å². The summed E-state index contributed by atoms with van der Waals surface area (Å²) in [4.78, 5) is 48.2. The average molecular weight is 527 g/mol. The molecule has 0 aliphatic carbocycles. The van der Waals surface area contributed by atoms with E-state index in [0.717, 1.165) is 34.4 Å². The van der Waals surface area contributed by atoms with Gasteiger partial charge in [0.25, 0.3) is 0 Å². The predicted octanol–water partition coefficient (Wildman–Crippen LogP) is 4.93. The molecule has 2 bridgehead atoms. The molecule has 2 aliphatic rings. The highest BCUT2D eigenvalue weighted by molar-refractivity contribution is 5.99. The van der Waals surface area contributed by atoms with Crippen molar-refractivity contribution >= 4 is 40.7 Å². The number of rotatable bonds is 3. The van der Waals surface area contributed by atoms with Crippen LogP contribution in [-0.2, 0) is 9.59 Å². The molecule has 39 heavy (non-hydrogen) atoms. The summed E-state index contributed by atoms with van der Waals surface area (Å²) in [5.74, 6) is -0.103. The van der Waals surface area contributed by atoms with Gasteiger partial charge in [-0.25, -0.2) is 9.78 Å². The Morgan fingerprint density at radius 2 is 1.87 bits per heavy atom. The zero-order chi connectivity index (χ0) is 27.5. The van der Waals surface area contributed by atoms with Crippen molar-refractivity contribution < 1.29 is 19.5 Å². The van der Waals surface area contributed by atoms with Gasteiger partial charge >= 0.3 is 6.09 Å². The quantitative estimate of drug-likeness (QED) is 0.378. The molecule has 0 unspecified atom stereocenters. The lowest BCUT2D eigenvalue weighted by Crippen LogP contribution is -2.38. The molecular weight excluding hydrogens is 496 g/mol. The van der Waals surface area contributed by atoms with E-state index >= 15 is 0 Å². The Hall–Kier alpha value is -4.73. The molecule has 3 aromatic rings. The van der Waals surface area contributed by atoms with E-state index in [0.29, 0.717) is 43.0 Å². The molecule has 0 spiro atoms. The summed E-state index contributed by atoms with van der Waals surface area (Å²) in [5.41, 5.74) is 10.8. The second-order valence-corrected chi connectivity index (χ2v) is 9.92. The highest BCUT2D eigenvalue weighted by Crippen LogP contribution is 2.37. The van der Waals surface area contributed by atoms with Gasteiger partial charge in [0, 0.05) is 42.2 Å². The van der Waals surface area contributed by atoms with Crippen LogP contribution in [0.4, 0.5) is 22.0 Å². The van der Waals surface area contributed by atoms with Crippen molar-refractivity contribution in [2.45, 2.75) is 38.6 Å². The maximum absolute atomic E-state index is 13.4. The van der Waals surface area contributed by atoms with Crippen LogP contribution in [0.3, 0.4) is 0 Å². The van der Waals surface area contributed by atoms with Crippen LogP contribution in [0.1, 0.15) is 49.9 Å². The van der Waals surface area contributed by atoms with Crippen molar-refractivity contribution in [3.63, 3.8) is 0 Å². The minimum absolute atomic E-state index is 0.0912. The van der Waals surface area contributed by atoms with E-state index in [2.05, 4.69) is 20.6 Å². The first-order valence-electron chi connectivity index (χ1n) is 12.9. The molecule has 10 nitrogen and oxygen atoms in total. The molecule has 0 fully saturated rings. The largest absolute Gasteiger partial charge is 0.465 e. The van der Waals surface area contributed by atoms with Crippen molar-refractivity contribution in [2.24, 2.45) is 5.92 Å². The van der Waals surface area contributed by atoms with Gasteiger partial charge in [-0.3, -0.25) is 19.9 Å². The van der Waals surface area contributed by atoms with Crippen LogP contribution in [0.25, 0.3) is 16.7 Å². The number of anilines is 3. The summed E-state index contributed by atoms with van der Waals surface area (Å²) in [6.45, 7) is 2.40. The lowest BCUT2D eigenvalue weighted by Gasteiger charge is -2.34. The van der Waals surface area contributed by atoms with Crippen LogP contribution >= 0.6 is 0 Å². The molecule has 5 rings (SSSR count). The molecule has 200 valence electrons. The maximum atomic E-state index is 13.4. The summed E-state index contributed by atoms with van der Waals surface area (Å²) in [6, 6.07) is 12.2. The van der Waals surface area contributed by atoms with E-state index in [1.54, 1.807) is 42.7 Å². The van der Waals surface area contributed by atoms with E-state index in [-0.39, 0.29) is 23.8 Å². The highest BCUT2D eigenvalue weighted by atomic mass is 16.4. The van der Waals surface area contributed by atoms with Gasteiger partial charge in [0.05, 0.1) is 17.4 Å². The topological polar surface area (TPSA) is 151 Å². The second-order valence-electron chi connectivity index (χ2n) is 9.92. The first-order chi connectivity index (χ1) is 18.8. The number of nitrogens with two attached hydrogens (primary N) is 1. The Labute approximate surface area is 226 Å². The number of hydrogen-bond acceptors (Lipinski definition) is 6. The Kier molecular flexibility index (Phi) is 7.27. The van der Waals surface area contributed by atoms with E-state index in [9.17, 15) is 14.4 Å². The van der Waals surface area contributed by atoms with Crippen molar-refractivity contribution in [3.05, 3.63) is 72.2 Å². The summed E-state index contributed by atoms with van der Waals surface area (Å²) in [5, 5.41) is 14.5. The minimum Gasteiger partial charge on any atom is -0.465 e. The van der Waals surface area contributed by atoms with Gasteiger partial charge in [0.15, 0.2) is 0 Å². The number of nitrogens with zero attached hydrogens (tertiary/aromatic N) is 3. The number of aromatic nitrogens is 2. The average Bonchev–Trinajstić information content (AvgIpc) is 2.91. The Morgan fingerprint density at radius 3 is 2.64 bits per heavy atom. The number of carboxylic acid groups (broad SMARTS) is 1. The lowest BCUT2D eigenvalue weighted by molar-refractivity contribution is -0.129. The first kappa shape index (κ1) is 25.9. The van der Waals surface area contributed by atoms with E-state index in [1.165, 1.54) is 0 Å². The van der Waals surface area contributed by atoms with Gasteiger partial charge in [0.1, 0.15) is 5.82 Å². The van der Waals surface area contributed by atoms with E-state index < -0.39 is 6.09 Å². The predicted molar refractivity (Wildman–Crippen MR) is 149 cm³/mol. The molecule has 0 saturated carbocycles. The van der Waals surface area contributed by atoms with Crippen LogP contribution in [0.5, 0.6) is 0 Å². The molecule has 2 aromatic heterocycles. The van der Waals surface area contributed by atoms with Crippen LogP contribution in [0.15, 0.2) is 60.9 Å². The third kappa shape index (κ3) is 5.74. The van der Waals surface area contributed by atoms with Gasteiger partial charge in [-0.05, 0) is 72.4 Å². The maximum Gasteiger partial charge on any atom is 0.409 e. The number of benzene rings is 1. The van der Waals surface area contributed by atoms with Crippen molar-refractivity contribution in [3.8, 4) is 11.1 Å². The summed E-state index contributed by atoms with van der Waals surface area (Å²) >= 11 is 0. The third-order valence-electron chi connectivity index (χ3n) is 7.26. The number of fused-ring (bicyclic) bond motifs is 4. The molecule has 2 atom stereocenters. The molecule has 4 heterocycles. The molecule has 2 aliphatic heterocycles. The number of amides is 3. The summed E-state index contributed by atoms with van der Waals surface area (Å²) in [7, 11) is 0. The van der Waals surface area contributed by atoms with Crippen LogP contribution in [0.2, 0.25) is 0 Å². The Morgan fingerprint density at radius 1 is 1.08 bits per heavy atom. The normalized spacial score (nSPS) is 19.6. The number of pyridine rings is 2. The molecular formula is C29H30N6O4. The summed E-state index contributed by atoms with van der Waals surface area (Å²) in [6.07, 6.45) is 6.51. The fourth-order valence-electron chi connectivity index (χ4n) is 5.21. The number of hydrogen-bond donors (Lipinski definition) is 4. The fourth-order valence-corrected chi connectivity index (χ4v) is 5.21. The number of carbonyl (C=O) groups is 3. The SMILES string of the molecule is C[C@@H]1CCC[C@H](N2CCC(c3ccnc(N)c3)=CC2=O)c2cc(ccn2)-c2ccc(NC(=O)O)cc2NC1=O. The van der Waals surface area contributed by atoms with Gasteiger partial charge < -0.3 is 21.1 Å². The van der Waals surface area contributed by atoms with Gasteiger partial charge in [-0.15, -0.1) is 0 Å². The van der Waals surface area contributed by atoms with Gasteiger partial charge in [0.2, 0.25) is 11.8 Å². The van der Waals surface area contributed by atoms with Gasteiger partial charge in [-0.1, -0.05) is 19.4 Å². The molecule has 1 aromatic carbocycles. The monoisotopic (exact) mass is 526 g/mol. The van der Waals surface area contributed by atoms with Gasteiger partial charge in [-0.2, -0.15) is 0 Å². The van der Waals surface area contributed by atoms with Crippen LogP contribution in [0, 0.1) is 5.92 Å². The molecule has 0 radical (unpaired) electrons. The summed E-state index contributed by atoms with van der Waals surface area (Å²) < 4.78 is 0. The smallest absolute Gasteiger partial charge is 0.409 e. The lowest BCUT2D eigenvalue weighted by atomic mass is 9.93. The molecule has 10 heteroatoms. The fraction of sp³-hybridized carbons (Fsp3) is 0.276. The van der Waals surface area contributed by atoms with Crippen LogP contribution < -0.4 is 16.4 Å². The van der Waals surface area contributed by atoms with Crippen molar-refractivity contribution in [1.82, 2.24) is 14.9 Å². The Bertz CT molecular complexity index is 1470. The van der Waals surface area contributed by atoms with E-state index in [4.69, 9.17) is 10.8 Å². The zero-order valence-electron chi connectivity index (χ0n) is 21.6. The molecule has 0 saturated heterocycles. The number of nitrogen functional groups attached to an aromatic ring is 1.